The molecule has 0 aliphatic carbocycles. The molecule has 0 aliphatic heterocycles. The number of hydrogen-bond acceptors (Lipinski definition) is 3. The van der Waals surface area contributed by atoms with Crippen LogP contribution in [0.3, 0.4) is 0 Å². The largest absolute Gasteiger partial charge is 0.481 e. The Morgan fingerprint density at radius 1 is 1.55 bits per heavy atom. The molecule has 0 fully saturated rings. The van der Waals surface area contributed by atoms with Gasteiger partial charge in [-0.25, -0.2) is 0 Å². The SMILES string of the molecule is CNCCCOCCC(=O)O. The van der Waals surface area contributed by atoms with E-state index in [0.717, 1.165) is 13.0 Å². The standard InChI is InChI=1S/C7H15NO3/c1-8-4-2-5-11-6-3-7(9)10/h8H,2-6H2,1H3,(H,9,10). The van der Waals surface area contributed by atoms with E-state index < -0.39 is 5.97 Å². The summed E-state index contributed by atoms with van der Waals surface area (Å²) in [5.74, 6) is -0.807. The zero-order chi connectivity index (χ0) is 8.53. The first kappa shape index (κ1) is 10.4. The van der Waals surface area contributed by atoms with Crippen LogP contribution in [0, 0.1) is 0 Å². The summed E-state index contributed by atoms with van der Waals surface area (Å²) < 4.78 is 5.03. The molecule has 66 valence electrons. The molecule has 0 heterocycles. The topological polar surface area (TPSA) is 58.6 Å². The Hall–Kier alpha value is -0.610. The lowest BCUT2D eigenvalue weighted by atomic mass is 10.4. The maximum absolute atomic E-state index is 10.00. The Kier molecular flexibility index (Phi) is 7.08. The first-order valence-corrected chi connectivity index (χ1v) is 3.71. The number of nitrogens with one attached hydrogen (secondary N) is 1. The van der Waals surface area contributed by atoms with Gasteiger partial charge < -0.3 is 15.2 Å². The minimum atomic E-state index is -0.807. The second kappa shape index (κ2) is 7.50. The molecule has 0 radical (unpaired) electrons. The number of carbonyl (C=O) groups is 1. The van der Waals surface area contributed by atoms with Crippen LogP contribution >= 0.6 is 0 Å². The molecule has 0 unspecified atom stereocenters. The van der Waals surface area contributed by atoms with Crippen molar-refractivity contribution in [2.45, 2.75) is 12.8 Å². The number of carboxylic acids is 1. The summed E-state index contributed by atoms with van der Waals surface area (Å²) in [6.45, 7) is 1.86. The molecule has 4 heteroatoms. The lowest BCUT2D eigenvalue weighted by Crippen LogP contribution is -2.11. The van der Waals surface area contributed by atoms with E-state index in [4.69, 9.17) is 9.84 Å². The third-order valence-electron chi connectivity index (χ3n) is 1.18. The van der Waals surface area contributed by atoms with E-state index in [1.807, 2.05) is 7.05 Å². The van der Waals surface area contributed by atoms with Crippen molar-refractivity contribution in [3.05, 3.63) is 0 Å². The molecule has 0 atom stereocenters. The summed E-state index contributed by atoms with van der Waals surface area (Å²) in [6, 6.07) is 0. The van der Waals surface area contributed by atoms with Gasteiger partial charge in [0, 0.05) is 6.61 Å². The smallest absolute Gasteiger partial charge is 0.305 e. The van der Waals surface area contributed by atoms with Gasteiger partial charge in [0.05, 0.1) is 13.0 Å². The normalized spacial score (nSPS) is 9.91. The zero-order valence-electron chi connectivity index (χ0n) is 6.80. The molecule has 0 saturated heterocycles. The fraction of sp³-hybridized carbons (Fsp3) is 0.857. The van der Waals surface area contributed by atoms with Crippen molar-refractivity contribution >= 4 is 5.97 Å². The van der Waals surface area contributed by atoms with Gasteiger partial charge in [-0.3, -0.25) is 4.79 Å². The van der Waals surface area contributed by atoms with E-state index >= 15 is 0 Å². The van der Waals surface area contributed by atoms with Crippen molar-refractivity contribution in [3.63, 3.8) is 0 Å². The highest BCUT2D eigenvalue weighted by atomic mass is 16.5. The van der Waals surface area contributed by atoms with Crippen LogP contribution in [0.4, 0.5) is 0 Å². The van der Waals surface area contributed by atoms with Crippen molar-refractivity contribution in [1.82, 2.24) is 5.32 Å². The fourth-order valence-electron chi connectivity index (χ4n) is 0.613. The molecular weight excluding hydrogens is 146 g/mol. The van der Waals surface area contributed by atoms with Gasteiger partial charge >= 0.3 is 5.97 Å². The first-order chi connectivity index (χ1) is 5.27. The molecule has 0 aliphatic rings. The van der Waals surface area contributed by atoms with Gasteiger partial charge in [0.2, 0.25) is 0 Å². The number of aliphatic carboxylic acids is 1. The Balaban J connectivity index is 2.85. The Bertz CT molecular complexity index is 106. The Morgan fingerprint density at radius 3 is 2.82 bits per heavy atom. The minimum Gasteiger partial charge on any atom is -0.481 e. The minimum absolute atomic E-state index is 0.0968. The molecule has 0 saturated carbocycles. The van der Waals surface area contributed by atoms with E-state index in [-0.39, 0.29) is 6.42 Å². The lowest BCUT2D eigenvalue weighted by molar-refractivity contribution is -0.138. The van der Waals surface area contributed by atoms with Crippen LogP contribution in [-0.4, -0.2) is 37.9 Å². The molecule has 4 nitrogen and oxygen atoms in total. The van der Waals surface area contributed by atoms with Gasteiger partial charge in [0.25, 0.3) is 0 Å². The van der Waals surface area contributed by atoms with Gasteiger partial charge in [0.15, 0.2) is 0 Å². The van der Waals surface area contributed by atoms with Gasteiger partial charge in [0.1, 0.15) is 0 Å². The van der Waals surface area contributed by atoms with E-state index in [0.29, 0.717) is 13.2 Å². The third kappa shape index (κ3) is 9.39. The number of ether oxygens (including phenoxy) is 1. The second-order valence-corrected chi connectivity index (χ2v) is 2.21. The maximum atomic E-state index is 10.00. The van der Waals surface area contributed by atoms with E-state index in [2.05, 4.69) is 5.32 Å². The van der Waals surface area contributed by atoms with Gasteiger partial charge in [-0.1, -0.05) is 0 Å². The second-order valence-electron chi connectivity index (χ2n) is 2.21. The number of hydrogen-bond donors (Lipinski definition) is 2. The molecule has 0 aromatic carbocycles. The maximum Gasteiger partial charge on any atom is 0.305 e. The van der Waals surface area contributed by atoms with Crippen LogP contribution in [0.1, 0.15) is 12.8 Å². The van der Waals surface area contributed by atoms with Crippen LogP contribution < -0.4 is 5.32 Å². The number of rotatable bonds is 7. The highest BCUT2D eigenvalue weighted by Crippen LogP contribution is 1.84. The molecule has 0 aromatic heterocycles. The van der Waals surface area contributed by atoms with Gasteiger partial charge in [-0.2, -0.15) is 0 Å². The summed E-state index contributed by atoms with van der Waals surface area (Å²) in [7, 11) is 1.87. The van der Waals surface area contributed by atoms with Crippen molar-refractivity contribution in [2.75, 3.05) is 26.8 Å². The van der Waals surface area contributed by atoms with Crippen molar-refractivity contribution in [2.24, 2.45) is 0 Å². The van der Waals surface area contributed by atoms with Crippen LogP contribution in [0.2, 0.25) is 0 Å². The average molecular weight is 161 g/mol. The highest BCUT2D eigenvalue weighted by molar-refractivity contribution is 5.66. The summed E-state index contributed by atoms with van der Waals surface area (Å²) >= 11 is 0. The summed E-state index contributed by atoms with van der Waals surface area (Å²) in [6.07, 6.45) is 1.02. The van der Waals surface area contributed by atoms with Crippen LogP contribution in [0.15, 0.2) is 0 Å². The first-order valence-electron chi connectivity index (χ1n) is 3.71. The lowest BCUT2D eigenvalue weighted by Gasteiger charge is -2.00. The van der Waals surface area contributed by atoms with E-state index in [1.54, 1.807) is 0 Å². The quantitative estimate of drug-likeness (QED) is 0.519. The molecule has 0 amide bonds. The van der Waals surface area contributed by atoms with Crippen molar-refractivity contribution < 1.29 is 14.6 Å². The molecule has 11 heavy (non-hydrogen) atoms. The predicted octanol–water partition coefficient (Wildman–Crippen LogP) is 0.0872. The van der Waals surface area contributed by atoms with Crippen LogP contribution in [0.25, 0.3) is 0 Å². The monoisotopic (exact) mass is 161 g/mol. The highest BCUT2D eigenvalue weighted by Gasteiger charge is 1.94. The van der Waals surface area contributed by atoms with Gasteiger partial charge in [-0.15, -0.1) is 0 Å². The molecule has 0 bridgehead atoms. The average Bonchev–Trinajstić information content (AvgIpc) is 1.96. The van der Waals surface area contributed by atoms with Crippen LogP contribution in [0.5, 0.6) is 0 Å². The van der Waals surface area contributed by atoms with E-state index in [1.165, 1.54) is 0 Å². The van der Waals surface area contributed by atoms with Crippen molar-refractivity contribution in [1.29, 1.82) is 0 Å². The Morgan fingerprint density at radius 2 is 2.27 bits per heavy atom. The van der Waals surface area contributed by atoms with E-state index in [9.17, 15) is 4.79 Å². The fourth-order valence-corrected chi connectivity index (χ4v) is 0.613. The molecule has 0 aromatic rings. The molecule has 0 rings (SSSR count). The summed E-state index contributed by atoms with van der Waals surface area (Å²) in [5, 5.41) is 11.2. The number of carboxylic acid groups (broad SMARTS) is 1. The third-order valence-corrected chi connectivity index (χ3v) is 1.18. The van der Waals surface area contributed by atoms with Crippen molar-refractivity contribution in [3.8, 4) is 0 Å². The molecular formula is C7H15NO3. The Labute approximate surface area is 66.5 Å². The molecule has 2 N–H and O–H groups in total. The predicted molar refractivity (Wildman–Crippen MR) is 41.6 cm³/mol. The van der Waals surface area contributed by atoms with Crippen LogP contribution in [-0.2, 0) is 9.53 Å². The zero-order valence-corrected chi connectivity index (χ0v) is 6.80. The summed E-state index contributed by atoms with van der Waals surface area (Å²) in [5.41, 5.74) is 0. The molecule has 0 spiro atoms. The summed E-state index contributed by atoms with van der Waals surface area (Å²) in [4.78, 5) is 10.00. The van der Waals surface area contributed by atoms with Gasteiger partial charge in [-0.05, 0) is 20.0 Å².